The Labute approximate surface area is 170 Å². The maximum atomic E-state index is 12.2. The molecule has 1 saturated carbocycles. The summed E-state index contributed by atoms with van der Waals surface area (Å²) in [6.07, 6.45) is 5.88. The number of aromatic nitrogens is 2. The summed E-state index contributed by atoms with van der Waals surface area (Å²) in [5.41, 5.74) is 3.16. The van der Waals surface area contributed by atoms with Crippen LogP contribution in [0.15, 0.2) is 24.4 Å². The lowest BCUT2D eigenvalue weighted by atomic mass is 9.81. The van der Waals surface area contributed by atoms with E-state index in [1.165, 1.54) is 0 Å². The van der Waals surface area contributed by atoms with Gasteiger partial charge in [-0.15, -0.1) is 0 Å². The number of ether oxygens (including phenoxy) is 1. The second-order valence-electron chi connectivity index (χ2n) is 8.14. The summed E-state index contributed by atoms with van der Waals surface area (Å²) in [6.45, 7) is 6.18. The summed E-state index contributed by atoms with van der Waals surface area (Å²) >= 11 is 0. The van der Waals surface area contributed by atoms with Gasteiger partial charge in [0.15, 0.2) is 12.4 Å². The first kappa shape index (κ1) is 19.5. The number of hydrogen-bond donors (Lipinski definition) is 2. The van der Waals surface area contributed by atoms with E-state index in [9.17, 15) is 9.59 Å². The zero-order valence-electron chi connectivity index (χ0n) is 17.2. The summed E-state index contributed by atoms with van der Waals surface area (Å²) in [5, 5.41) is 11.0. The zero-order chi connectivity index (χ0) is 20.6. The van der Waals surface area contributed by atoms with E-state index in [0.717, 1.165) is 48.2 Å². The summed E-state index contributed by atoms with van der Waals surface area (Å²) in [6, 6.07) is 6.26. The maximum absolute atomic E-state index is 12.2. The summed E-state index contributed by atoms with van der Waals surface area (Å²) in [7, 11) is 0. The Morgan fingerprint density at radius 3 is 2.86 bits per heavy atom. The molecule has 1 atom stereocenters. The topological polar surface area (TPSA) is 85.2 Å². The van der Waals surface area contributed by atoms with Crippen LogP contribution in [0, 0.1) is 0 Å². The molecular formula is C22H28N4O3. The number of anilines is 1. The second-order valence-corrected chi connectivity index (χ2v) is 8.14. The number of likely N-dealkylation sites (N-methyl/N-ethyl adjacent to an activating group) is 1. The van der Waals surface area contributed by atoms with Gasteiger partial charge in [-0.25, -0.2) is 0 Å². The van der Waals surface area contributed by atoms with Crippen molar-refractivity contribution >= 4 is 17.4 Å². The molecule has 0 radical (unpaired) electrons. The SMILES string of the molecule is CCNC(=O)COc1cccc2c1CC[C@@](C)(c1cn(C3CC3)nc1C(C)=O)N2. The van der Waals surface area contributed by atoms with Crippen molar-refractivity contribution in [1.82, 2.24) is 15.1 Å². The van der Waals surface area contributed by atoms with Crippen molar-refractivity contribution < 1.29 is 14.3 Å². The van der Waals surface area contributed by atoms with E-state index in [-0.39, 0.29) is 23.8 Å². The summed E-state index contributed by atoms with van der Waals surface area (Å²) in [4.78, 5) is 24.0. The summed E-state index contributed by atoms with van der Waals surface area (Å²) < 4.78 is 7.73. The van der Waals surface area contributed by atoms with Gasteiger partial charge in [0, 0.05) is 36.5 Å². The van der Waals surface area contributed by atoms with Crippen LogP contribution in [0.4, 0.5) is 5.69 Å². The van der Waals surface area contributed by atoms with Gasteiger partial charge in [-0.1, -0.05) is 6.07 Å². The number of amides is 1. The van der Waals surface area contributed by atoms with E-state index in [1.54, 1.807) is 6.92 Å². The summed E-state index contributed by atoms with van der Waals surface area (Å²) in [5.74, 6) is 0.591. The number of ketones is 1. The lowest BCUT2D eigenvalue weighted by molar-refractivity contribution is -0.123. The zero-order valence-corrected chi connectivity index (χ0v) is 17.2. The number of fused-ring (bicyclic) bond motifs is 1. The predicted octanol–water partition coefficient (Wildman–Crippen LogP) is 3.21. The number of nitrogens with zero attached hydrogens (tertiary/aromatic N) is 2. The van der Waals surface area contributed by atoms with Crippen molar-refractivity contribution in [1.29, 1.82) is 0 Å². The van der Waals surface area contributed by atoms with Gasteiger partial charge in [-0.05, 0) is 51.7 Å². The fraction of sp³-hybridized carbons (Fsp3) is 0.500. The molecule has 0 unspecified atom stereocenters. The first-order valence-electron chi connectivity index (χ1n) is 10.3. The molecule has 1 amide bonds. The average molecular weight is 396 g/mol. The van der Waals surface area contributed by atoms with Gasteiger partial charge < -0.3 is 15.4 Å². The van der Waals surface area contributed by atoms with Crippen molar-refractivity contribution in [2.24, 2.45) is 0 Å². The number of hydrogen-bond acceptors (Lipinski definition) is 5. The van der Waals surface area contributed by atoms with Crippen molar-refractivity contribution in [3.63, 3.8) is 0 Å². The highest BCUT2D eigenvalue weighted by Crippen LogP contribution is 2.43. The fourth-order valence-corrected chi connectivity index (χ4v) is 3.99. The van der Waals surface area contributed by atoms with Crippen molar-refractivity contribution in [3.05, 3.63) is 41.2 Å². The molecule has 2 aromatic rings. The highest BCUT2D eigenvalue weighted by molar-refractivity contribution is 5.94. The molecule has 2 heterocycles. The predicted molar refractivity (Wildman–Crippen MR) is 110 cm³/mol. The Balaban J connectivity index is 1.59. The van der Waals surface area contributed by atoms with E-state index in [0.29, 0.717) is 18.3 Å². The van der Waals surface area contributed by atoms with Crippen LogP contribution in [-0.4, -0.2) is 34.6 Å². The molecular weight excluding hydrogens is 368 g/mol. The lowest BCUT2D eigenvalue weighted by Crippen LogP contribution is -2.37. The van der Waals surface area contributed by atoms with Crippen LogP contribution in [0.25, 0.3) is 0 Å². The first-order chi connectivity index (χ1) is 13.9. The molecule has 29 heavy (non-hydrogen) atoms. The van der Waals surface area contributed by atoms with Crippen LogP contribution in [0.1, 0.15) is 67.7 Å². The van der Waals surface area contributed by atoms with E-state index in [1.807, 2.05) is 36.0 Å². The number of Topliss-reactive ketones (excluding diaryl/α,β-unsaturated/α-hetero) is 1. The van der Waals surface area contributed by atoms with Crippen molar-refractivity contribution in [2.45, 2.75) is 58.0 Å². The molecule has 1 aliphatic carbocycles. The average Bonchev–Trinajstić information content (AvgIpc) is 3.43. The van der Waals surface area contributed by atoms with Crippen LogP contribution in [-0.2, 0) is 16.8 Å². The Bertz CT molecular complexity index is 948. The fourth-order valence-electron chi connectivity index (χ4n) is 3.99. The monoisotopic (exact) mass is 396 g/mol. The molecule has 4 rings (SSSR count). The third kappa shape index (κ3) is 3.86. The number of benzene rings is 1. The van der Waals surface area contributed by atoms with Crippen LogP contribution in [0.2, 0.25) is 0 Å². The number of carbonyl (C=O) groups is 2. The number of rotatable bonds is 7. The Morgan fingerprint density at radius 1 is 1.38 bits per heavy atom. The van der Waals surface area contributed by atoms with Gasteiger partial charge in [-0.2, -0.15) is 5.10 Å². The molecule has 7 nitrogen and oxygen atoms in total. The highest BCUT2D eigenvalue weighted by Gasteiger charge is 2.38. The minimum atomic E-state index is -0.390. The molecule has 1 fully saturated rings. The van der Waals surface area contributed by atoms with E-state index < -0.39 is 0 Å². The Morgan fingerprint density at radius 2 is 2.17 bits per heavy atom. The lowest BCUT2D eigenvalue weighted by Gasteiger charge is -2.37. The van der Waals surface area contributed by atoms with Crippen molar-refractivity contribution in [2.75, 3.05) is 18.5 Å². The third-order valence-electron chi connectivity index (χ3n) is 5.73. The van der Waals surface area contributed by atoms with Gasteiger partial charge in [0.1, 0.15) is 11.4 Å². The minimum Gasteiger partial charge on any atom is -0.483 e. The molecule has 1 aromatic heterocycles. The van der Waals surface area contributed by atoms with Crippen LogP contribution in [0.5, 0.6) is 5.75 Å². The Kier molecular flexibility index (Phi) is 5.06. The van der Waals surface area contributed by atoms with Gasteiger partial charge in [0.2, 0.25) is 0 Å². The van der Waals surface area contributed by atoms with Crippen LogP contribution in [0.3, 0.4) is 0 Å². The van der Waals surface area contributed by atoms with Gasteiger partial charge in [0.25, 0.3) is 5.91 Å². The molecule has 0 spiro atoms. The number of nitrogens with one attached hydrogen (secondary N) is 2. The highest BCUT2D eigenvalue weighted by atomic mass is 16.5. The van der Waals surface area contributed by atoms with Gasteiger partial charge in [-0.3, -0.25) is 14.3 Å². The second kappa shape index (κ2) is 7.54. The normalized spacial score (nSPS) is 20.5. The third-order valence-corrected chi connectivity index (χ3v) is 5.73. The standard InChI is InChI=1S/C22H28N4O3/c1-4-23-20(28)13-29-19-7-5-6-18-16(19)10-11-22(3,24-18)17-12-26(15-8-9-15)25-21(17)14(2)27/h5-7,12,15,24H,4,8-11,13H2,1-3H3,(H,23,28)/t22-/m0/s1. The minimum absolute atomic E-state index is 0.00417. The molecule has 1 aliphatic heterocycles. The molecule has 7 heteroatoms. The number of carbonyl (C=O) groups excluding carboxylic acids is 2. The molecule has 0 saturated heterocycles. The molecule has 2 aliphatic rings. The largest absolute Gasteiger partial charge is 0.483 e. The Hall–Kier alpha value is -2.83. The first-order valence-corrected chi connectivity index (χ1v) is 10.3. The van der Waals surface area contributed by atoms with E-state index >= 15 is 0 Å². The van der Waals surface area contributed by atoms with Crippen molar-refractivity contribution in [3.8, 4) is 5.75 Å². The molecule has 154 valence electrons. The van der Waals surface area contributed by atoms with E-state index in [4.69, 9.17) is 4.74 Å². The molecule has 2 N–H and O–H groups in total. The molecule has 0 bridgehead atoms. The smallest absolute Gasteiger partial charge is 0.257 e. The van der Waals surface area contributed by atoms with Crippen LogP contribution < -0.4 is 15.4 Å². The maximum Gasteiger partial charge on any atom is 0.257 e. The van der Waals surface area contributed by atoms with E-state index in [2.05, 4.69) is 22.7 Å². The quantitative estimate of drug-likeness (QED) is 0.702. The van der Waals surface area contributed by atoms with Gasteiger partial charge >= 0.3 is 0 Å². The van der Waals surface area contributed by atoms with Crippen LogP contribution >= 0.6 is 0 Å². The van der Waals surface area contributed by atoms with Gasteiger partial charge in [0.05, 0.1) is 11.6 Å². The molecule has 1 aromatic carbocycles.